The first-order valence-corrected chi connectivity index (χ1v) is 11.3. The van der Waals surface area contributed by atoms with Crippen LogP contribution in [0.25, 0.3) is 0 Å². The number of anilines is 2. The second kappa shape index (κ2) is 10.4. The van der Waals surface area contributed by atoms with E-state index in [4.69, 9.17) is 4.74 Å². The predicted octanol–water partition coefficient (Wildman–Crippen LogP) is 3.59. The van der Waals surface area contributed by atoms with E-state index in [2.05, 4.69) is 30.2 Å². The fourth-order valence-corrected chi connectivity index (χ4v) is 3.82. The zero-order valence-corrected chi connectivity index (χ0v) is 20.3. The van der Waals surface area contributed by atoms with Crippen LogP contribution >= 0.6 is 0 Å². The number of likely N-dealkylation sites (N-methyl/N-ethyl adjacent to an activating group) is 1. The average Bonchev–Trinajstić information content (AvgIpc) is 3.62. The molecule has 35 heavy (non-hydrogen) atoms. The Labute approximate surface area is 203 Å². The maximum atomic E-state index is 14.0. The minimum absolute atomic E-state index is 0.0169. The molecule has 0 aliphatic carbocycles. The zero-order chi connectivity index (χ0) is 25.0. The van der Waals surface area contributed by atoms with Crippen molar-refractivity contribution in [1.29, 1.82) is 0 Å². The van der Waals surface area contributed by atoms with Gasteiger partial charge in [0.25, 0.3) is 0 Å². The van der Waals surface area contributed by atoms with Gasteiger partial charge in [0.05, 0.1) is 37.2 Å². The third-order valence-electron chi connectivity index (χ3n) is 5.74. The summed E-state index contributed by atoms with van der Waals surface area (Å²) in [6.45, 7) is 6.64. The molecule has 2 aromatic heterocycles. The van der Waals surface area contributed by atoms with E-state index in [1.54, 1.807) is 4.90 Å². The van der Waals surface area contributed by atoms with E-state index in [1.165, 1.54) is 6.33 Å². The molecular weight excluding hydrogens is 453 g/mol. The van der Waals surface area contributed by atoms with Crippen molar-refractivity contribution < 1.29 is 18.7 Å². The molecule has 5 rings (SSSR count). The maximum Gasteiger partial charge on any atom is 0.411 e. The minimum atomic E-state index is -0.692. The number of hydrogen-bond donors (Lipinski definition) is 2. The van der Waals surface area contributed by atoms with E-state index in [9.17, 15) is 9.18 Å². The molecule has 1 unspecified atom stereocenters. The molecule has 0 spiro atoms. The molecule has 3 aromatic rings. The summed E-state index contributed by atoms with van der Waals surface area (Å²) in [5.41, 5.74) is 1.75. The van der Waals surface area contributed by atoms with Crippen molar-refractivity contribution in [2.45, 2.75) is 32.0 Å². The molecule has 1 aromatic carbocycles. The summed E-state index contributed by atoms with van der Waals surface area (Å²) in [5.74, 6) is -0.163. The Morgan fingerprint density at radius 1 is 1.29 bits per heavy atom. The molecular formula is C24H30FN7O3. The summed E-state index contributed by atoms with van der Waals surface area (Å²) >= 11 is 0. The summed E-state index contributed by atoms with van der Waals surface area (Å²) in [7, 11) is 3.87. The molecule has 0 saturated carbocycles. The number of halogens is 1. The van der Waals surface area contributed by atoms with Crippen LogP contribution in [0.3, 0.4) is 0 Å². The van der Waals surface area contributed by atoms with Crippen LogP contribution in [-0.2, 0) is 21.6 Å². The number of carbonyl (C=O) groups is 1. The number of H-pyrrole nitrogens is 1. The molecule has 1 atom stereocenters. The first kappa shape index (κ1) is 24.6. The number of nitrogens with one attached hydrogen (secondary N) is 2. The lowest BCUT2D eigenvalue weighted by Crippen LogP contribution is -2.42. The summed E-state index contributed by atoms with van der Waals surface area (Å²) < 4.78 is 24.4. The van der Waals surface area contributed by atoms with Crippen LogP contribution in [0.2, 0.25) is 0 Å². The lowest BCUT2D eigenvalue weighted by molar-refractivity contribution is 0.0259. The van der Waals surface area contributed by atoms with Crippen molar-refractivity contribution in [3.8, 4) is 0 Å². The first-order chi connectivity index (χ1) is 16.8. The summed E-state index contributed by atoms with van der Waals surface area (Å²) in [6, 6.07) is 9.66. The van der Waals surface area contributed by atoms with E-state index in [-0.39, 0.29) is 12.4 Å². The summed E-state index contributed by atoms with van der Waals surface area (Å²) in [6.07, 6.45) is 1.47. The monoisotopic (exact) mass is 483 g/mol. The molecule has 0 radical (unpaired) electrons. The molecule has 2 N–H and O–H groups in total. The maximum absolute atomic E-state index is 14.0. The fourth-order valence-electron chi connectivity index (χ4n) is 3.82. The van der Waals surface area contributed by atoms with Crippen molar-refractivity contribution in [3.63, 3.8) is 0 Å². The number of nitrogens with zero attached hydrogens (tertiary/aromatic N) is 5. The van der Waals surface area contributed by atoms with Crippen LogP contribution in [0.1, 0.15) is 36.8 Å². The van der Waals surface area contributed by atoms with Crippen molar-refractivity contribution in [2.75, 3.05) is 39.2 Å². The quantitative estimate of drug-likeness (QED) is 0.512. The number of aromatic nitrogens is 4. The van der Waals surface area contributed by atoms with E-state index in [0.717, 1.165) is 36.2 Å². The highest BCUT2D eigenvalue weighted by molar-refractivity contribution is 5.72. The topological polar surface area (TPSA) is 112 Å². The Balaban J connectivity index is 0.000000894. The molecule has 1 amide bonds. The minimum Gasteiger partial charge on any atom is -0.440 e. The molecule has 1 saturated heterocycles. The average molecular weight is 484 g/mol. The van der Waals surface area contributed by atoms with Crippen LogP contribution in [0.15, 0.2) is 42.9 Å². The fraction of sp³-hybridized carbons (Fsp3) is 0.417. The lowest BCUT2D eigenvalue weighted by atomic mass is 10.0. The van der Waals surface area contributed by atoms with Gasteiger partial charge in [-0.15, -0.1) is 0 Å². The largest absolute Gasteiger partial charge is 0.440 e. The number of hydrogen-bond acceptors (Lipinski definition) is 8. The van der Waals surface area contributed by atoms with Gasteiger partial charge in [0, 0.05) is 12.1 Å². The van der Waals surface area contributed by atoms with Crippen LogP contribution < -0.4 is 5.32 Å². The molecule has 186 valence electrons. The van der Waals surface area contributed by atoms with E-state index < -0.39 is 23.6 Å². The third kappa shape index (κ3) is 5.75. The summed E-state index contributed by atoms with van der Waals surface area (Å²) in [4.78, 5) is 24.4. The normalized spacial score (nSPS) is 16.2. The Morgan fingerprint density at radius 2 is 2.00 bits per heavy atom. The van der Waals surface area contributed by atoms with Gasteiger partial charge in [0.1, 0.15) is 12.4 Å². The Hall–Kier alpha value is -3.57. The third-order valence-corrected chi connectivity index (χ3v) is 5.74. The van der Waals surface area contributed by atoms with Gasteiger partial charge in [-0.1, -0.05) is 30.3 Å². The van der Waals surface area contributed by atoms with Crippen molar-refractivity contribution in [2.24, 2.45) is 0 Å². The molecule has 1 fully saturated rings. The number of ether oxygens (including phenoxy) is 2. The predicted molar refractivity (Wildman–Crippen MR) is 127 cm³/mol. The van der Waals surface area contributed by atoms with Gasteiger partial charge in [-0.05, 0) is 33.5 Å². The lowest BCUT2D eigenvalue weighted by Gasteiger charge is -2.33. The van der Waals surface area contributed by atoms with Crippen molar-refractivity contribution in [3.05, 3.63) is 65.5 Å². The standard InChI is InChI=1S/C22H26FN7O2.C2H4O/c1-22(2)18-15(19(28-27-18)26-20-16(23)10-24-13-25-20)11-30(22)21(31)32-17(12-29(3)4)14-8-6-5-7-9-14;1-2-3-1/h5-10,13,17H,11-12H2,1-4H3,(H2,24,25,26,27,28);1-2H2. The number of carbonyl (C=O) groups excluding carboxylic acids is 1. The van der Waals surface area contributed by atoms with E-state index >= 15 is 0 Å². The second-order valence-electron chi connectivity index (χ2n) is 9.07. The molecule has 2 aliphatic heterocycles. The van der Waals surface area contributed by atoms with Gasteiger partial charge < -0.3 is 19.7 Å². The molecule has 2 aliphatic rings. The highest BCUT2D eigenvalue weighted by Gasteiger charge is 2.45. The first-order valence-electron chi connectivity index (χ1n) is 11.3. The number of epoxide rings is 1. The Bertz CT molecular complexity index is 1150. The van der Waals surface area contributed by atoms with Crippen LogP contribution in [0.4, 0.5) is 20.8 Å². The number of amides is 1. The zero-order valence-electron chi connectivity index (χ0n) is 20.3. The second-order valence-corrected chi connectivity index (χ2v) is 9.07. The van der Waals surface area contributed by atoms with Crippen LogP contribution in [0.5, 0.6) is 0 Å². The van der Waals surface area contributed by atoms with E-state index in [0.29, 0.717) is 12.4 Å². The molecule has 0 bridgehead atoms. The smallest absolute Gasteiger partial charge is 0.411 e. The Morgan fingerprint density at radius 3 is 2.63 bits per heavy atom. The highest BCUT2D eigenvalue weighted by atomic mass is 19.1. The number of aromatic amines is 1. The summed E-state index contributed by atoms with van der Waals surface area (Å²) in [5, 5.41) is 10.1. The molecule has 10 nitrogen and oxygen atoms in total. The Kier molecular flexibility index (Phi) is 7.27. The highest BCUT2D eigenvalue weighted by Crippen LogP contribution is 2.42. The van der Waals surface area contributed by atoms with Gasteiger partial charge in [0.15, 0.2) is 17.5 Å². The number of benzene rings is 1. The van der Waals surface area contributed by atoms with Crippen LogP contribution in [-0.4, -0.2) is 69.9 Å². The van der Waals surface area contributed by atoms with Gasteiger partial charge in [-0.2, -0.15) is 5.10 Å². The van der Waals surface area contributed by atoms with Gasteiger partial charge >= 0.3 is 6.09 Å². The SMILES string of the molecule is C1CO1.CN(C)CC(OC(=O)N1Cc2c(Nc3ncncc3F)n[nH]c2C1(C)C)c1ccccc1. The van der Waals surface area contributed by atoms with E-state index in [1.807, 2.05) is 63.2 Å². The number of fused-ring (bicyclic) bond motifs is 1. The van der Waals surface area contributed by atoms with Crippen LogP contribution in [0, 0.1) is 5.82 Å². The van der Waals surface area contributed by atoms with Crippen molar-refractivity contribution >= 4 is 17.7 Å². The van der Waals surface area contributed by atoms with Crippen molar-refractivity contribution in [1.82, 2.24) is 30.0 Å². The molecule has 11 heteroatoms. The van der Waals surface area contributed by atoms with Gasteiger partial charge in [-0.3, -0.25) is 10.00 Å². The number of rotatable bonds is 6. The van der Waals surface area contributed by atoms with Gasteiger partial charge in [-0.25, -0.2) is 19.2 Å². The molecule has 4 heterocycles. The van der Waals surface area contributed by atoms with Gasteiger partial charge in [0.2, 0.25) is 0 Å².